The van der Waals surface area contributed by atoms with Crippen LogP contribution < -0.4 is 15.5 Å². The number of hydrogen-bond acceptors (Lipinski definition) is 3. The van der Waals surface area contributed by atoms with Crippen LogP contribution in [0, 0.1) is 5.92 Å². The molecule has 2 aromatic rings. The van der Waals surface area contributed by atoms with Crippen LogP contribution in [0.5, 0.6) is 0 Å². The fourth-order valence-electron chi connectivity index (χ4n) is 3.38. The number of rotatable bonds is 7. The van der Waals surface area contributed by atoms with Gasteiger partial charge in [0.05, 0.1) is 0 Å². The zero-order valence-corrected chi connectivity index (χ0v) is 16.9. The highest BCUT2D eigenvalue weighted by Crippen LogP contribution is 2.23. The predicted molar refractivity (Wildman–Crippen MR) is 114 cm³/mol. The highest BCUT2D eigenvalue weighted by atomic mass is 16.2. The van der Waals surface area contributed by atoms with Crippen molar-refractivity contribution in [3.63, 3.8) is 0 Å². The van der Waals surface area contributed by atoms with Crippen LogP contribution in [0.15, 0.2) is 54.6 Å². The van der Waals surface area contributed by atoms with E-state index in [-0.39, 0.29) is 23.6 Å². The maximum Gasteiger partial charge on any atom is 0.251 e. The van der Waals surface area contributed by atoms with Crippen molar-refractivity contribution in [2.24, 2.45) is 5.92 Å². The zero-order chi connectivity index (χ0) is 20.8. The molecule has 1 aliphatic rings. The Kier molecular flexibility index (Phi) is 6.65. The van der Waals surface area contributed by atoms with Gasteiger partial charge in [-0.05, 0) is 48.7 Å². The number of benzene rings is 2. The third-order valence-electron chi connectivity index (χ3n) is 5.34. The first-order chi connectivity index (χ1) is 14.0. The number of anilines is 2. The van der Waals surface area contributed by atoms with E-state index in [0.717, 1.165) is 25.1 Å². The minimum atomic E-state index is -0.646. The van der Waals surface area contributed by atoms with Crippen molar-refractivity contribution < 1.29 is 14.4 Å². The van der Waals surface area contributed by atoms with Gasteiger partial charge in [-0.1, -0.05) is 38.5 Å². The zero-order valence-electron chi connectivity index (χ0n) is 16.9. The number of hydrogen-bond donors (Lipinski definition) is 2. The maximum atomic E-state index is 12.9. The molecule has 0 radical (unpaired) electrons. The largest absolute Gasteiger partial charge is 0.340 e. The van der Waals surface area contributed by atoms with Crippen molar-refractivity contribution in [2.45, 2.75) is 39.2 Å². The average molecular weight is 393 g/mol. The van der Waals surface area contributed by atoms with E-state index in [9.17, 15) is 14.4 Å². The van der Waals surface area contributed by atoms with Crippen molar-refractivity contribution in [1.82, 2.24) is 5.32 Å². The van der Waals surface area contributed by atoms with Crippen LogP contribution in [0.25, 0.3) is 0 Å². The van der Waals surface area contributed by atoms with Gasteiger partial charge >= 0.3 is 0 Å². The molecule has 0 aromatic heterocycles. The van der Waals surface area contributed by atoms with E-state index in [1.165, 1.54) is 0 Å². The van der Waals surface area contributed by atoms with Crippen LogP contribution in [0.2, 0.25) is 0 Å². The Morgan fingerprint density at radius 1 is 1.07 bits per heavy atom. The van der Waals surface area contributed by atoms with Gasteiger partial charge in [0.15, 0.2) is 0 Å². The first-order valence-electron chi connectivity index (χ1n) is 10.1. The molecule has 1 saturated heterocycles. The van der Waals surface area contributed by atoms with Gasteiger partial charge in [-0.2, -0.15) is 0 Å². The summed E-state index contributed by atoms with van der Waals surface area (Å²) in [5, 5.41) is 5.75. The minimum Gasteiger partial charge on any atom is -0.340 e. The van der Waals surface area contributed by atoms with Crippen molar-refractivity contribution >= 4 is 29.1 Å². The summed E-state index contributed by atoms with van der Waals surface area (Å²) in [5.41, 5.74) is 1.99. The number of amides is 3. The molecule has 1 aliphatic heterocycles. The van der Waals surface area contributed by atoms with Crippen molar-refractivity contribution in [3.8, 4) is 0 Å². The second-order valence-electron chi connectivity index (χ2n) is 7.39. The molecular formula is C23H27N3O3. The van der Waals surface area contributed by atoms with E-state index in [1.807, 2.05) is 32.0 Å². The van der Waals surface area contributed by atoms with Gasteiger partial charge in [-0.15, -0.1) is 0 Å². The summed E-state index contributed by atoms with van der Waals surface area (Å²) in [4.78, 5) is 39.0. The Morgan fingerprint density at radius 2 is 1.76 bits per heavy atom. The van der Waals surface area contributed by atoms with E-state index in [2.05, 4.69) is 10.6 Å². The Hall–Kier alpha value is -3.15. The van der Waals surface area contributed by atoms with Crippen molar-refractivity contribution in [3.05, 3.63) is 60.2 Å². The number of nitrogens with zero attached hydrogens (tertiary/aromatic N) is 1. The second-order valence-corrected chi connectivity index (χ2v) is 7.39. The monoisotopic (exact) mass is 393 g/mol. The third-order valence-corrected chi connectivity index (χ3v) is 5.34. The topological polar surface area (TPSA) is 78.5 Å². The van der Waals surface area contributed by atoms with Crippen LogP contribution in [0.3, 0.4) is 0 Å². The Labute approximate surface area is 171 Å². The van der Waals surface area contributed by atoms with E-state index >= 15 is 0 Å². The maximum absolute atomic E-state index is 12.9. The molecule has 6 heteroatoms. The van der Waals surface area contributed by atoms with E-state index in [4.69, 9.17) is 0 Å². The summed E-state index contributed by atoms with van der Waals surface area (Å²) in [6.45, 7) is 4.66. The molecule has 0 saturated carbocycles. The average Bonchev–Trinajstić information content (AvgIpc) is 3.18. The van der Waals surface area contributed by atoms with Crippen LogP contribution >= 0.6 is 0 Å². The van der Waals surface area contributed by atoms with Gasteiger partial charge in [-0.3, -0.25) is 14.4 Å². The van der Waals surface area contributed by atoms with Crippen molar-refractivity contribution in [1.29, 1.82) is 0 Å². The lowest BCUT2D eigenvalue weighted by molar-refractivity contribution is -0.119. The highest BCUT2D eigenvalue weighted by Gasteiger charge is 2.27. The second kappa shape index (κ2) is 9.37. The minimum absolute atomic E-state index is 0.0239. The van der Waals surface area contributed by atoms with E-state index in [0.29, 0.717) is 17.7 Å². The van der Waals surface area contributed by atoms with Crippen LogP contribution in [-0.4, -0.2) is 30.3 Å². The van der Waals surface area contributed by atoms with E-state index < -0.39 is 6.04 Å². The molecule has 0 aliphatic carbocycles. The number of carbonyl (C=O) groups is 3. The summed E-state index contributed by atoms with van der Waals surface area (Å²) in [7, 11) is 0. The van der Waals surface area contributed by atoms with Gasteiger partial charge in [0, 0.05) is 29.9 Å². The first kappa shape index (κ1) is 20.6. The normalized spacial score (nSPS) is 15.7. The SMILES string of the molecule is CC[C@H](C)[C@H](NC(=O)c1ccccc1)C(=O)Nc1ccc(N2CCCC2=O)cc1. The summed E-state index contributed by atoms with van der Waals surface area (Å²) >= 11 is 0. The Morgan fingerprint density at radius 3 is 2.34 bits per heavy atom. The standard InChI is InChI=1S/C23H27N3O3/c1-3-16(2)21(25-22(28)17-8-5-4-6-9-17)23(29)24-18-11-13-19(14-12-18)26-15-7-10-20(26)27/h4-6,8-9,11-14,16,21H,3,7,10,15H2,1-2H3,(H,24,29)(H,25,28)/t16-,21-/m0/s1. The molecule has 0 spiro atoms. The van der Waals surface area contributed by atoms with Gasteiger partial charge in [0.25, 0.3) is 5.91 Å². The lowest BCUT2D eigenvalue weighted by Crippen LogP contribution is -2.47. The number of nitrogens with one attached hydrogen (secondary N) is 2. The smallest absolute Gasteiger partial charge is 0.251 e. The van der Waals surface area contributed by atoms with Gasteiger partial charge in [0.1, 0.15) is 6.04 Å². The number of carbonyl (C=O) groups excluding carboxylic acids is 3. The third kappa shape index (κ3) is 5.02. The molecule has 152 valence electrons. The molecule has 2 N–H and O–H groups in total. The molecule has 3 amide bonds. The van der Waals surface area contributed by atoms with Gasteiger partial charge in [0.2, 0.25) is 11.8 Å². The fraction of sp³-hybridized carbons (Fsp3) is 0.348. The van der Waals surface area contributed by atoms with Crippen molar-refractivity contribution in [2.75, 3.05) is 16.8 Å². The molecule has 1 fully saturated rings. The van der Waals surface area contributed by atoms with E-state index in [1.54, 1.807) is 41.3 Å². The first-order valence-corrected chi connectivity index (χ1v) is 10.1. The Balaban J connectivity index is 1.68. The lowest BCUT2D eigenvalue weighted by Gasteiger charge is -2.24. The summed E-state index contributed by atoms with van der Waals surface area (Å²) < 4.78 is 0. The lowest BCUT2D eigenvalue weighted by atomic mass is 9.97. The summed E-state index contributed by atoms with van der Waals surface area (Å²) in [5.74, 6) is -0.422. The van der Waals surface area contributed by atoms with Gasteiger partial charge in [-0.25, -0.2) is 0 Å². The molecule has 6 nitrogen and oxygen atoms in total. The molecule has 3 rings (SSSR count). The van der Waals surface area contributed by atoms with Crippen LogP contribution in [0.1, 0.15) is 43.5 Å². The molecular weight excluding hydrogens is 366 g/mol. The molecule has 1 heterocycles. The quantitative estimate of drug-likeness (QED) is 0.754. The molecule has 0 unspecified atom stereocenters. The van der Waals surface area contributed by atoms with Crippen LogP contribution in [0.4, 0.5) is 11.4 Å². The van der Waals surface area contributed by atoms with Crippen LogP contribution in [-0.2, 0) is 9.59 Å². The fourth-order valence-corrected chi connectivity index (χ4v) is 3.38. The predicted octanol–water partition coefficient (Wildman–Crippen LogP) is 3.60. The molecule has 2 aromatic carbocycles. The highest BCUT2D eigenvalue weighted by molar-refractivity contribution is 6.01. The van der Waals surface area contributed by atoms with Gasteiger partial charge < -0.3 is 15.5 Å². The molecule has 29 heavy (non-hydrogen) atoms. The summed E-state index contributed by atoms with van der Waals surface area (Å²) in [6, 6.07) is 15.5. The molecule has 2 atom stereocenters. The Bertz CT molecular complexity index is 865. The molecule has 0 bridgehead atoms. The summed E-state index contributed by atoms with van der Waals surface area (Å²) in [6.07, 6.45) is 2.20.